The molecular formula is C14H11F3N2O. The highest BCUT2D eigenvalue weighted by Gasteiger charge is 2.33. The first kappa shape index (κ1) is 13.9. The first-order valence-corrected chi connectivity index (χ1v) is 5.71. The van der Waals surface area contributed by atoms with Gasteiger partial charge in [0.25, 0.3) is 0 Å². The number of hydrogen-bond acceptors (Lipinski definition) is 3. The number of phenols is 1. The molecule has 0 amide bonds. The Labute approximate surface area is 113 Å². The van der Waals surface area contributed by atoms with E-state index in [1.807, 2.05) is 0 Å². The third-order valence-electron chi connectivity index (χ3n) is 2.50. The van der Waals surface area contributed by atoms with Crippen LogP contribution in [0.3, 0.4) is 0 Å². The van der Waals surface area contributed by atoms with E-state index in [-0.39, 0.29) is 11.4 Å². The molecule has 0 spiro atoms. The minimum absolute atomic E-state index is 0.0599. The summed E-state index contributed by atoms with van der Waals surface area (Å²) in [6.07, 6.45) is -3.11. The molecule has 2 rings (SSSR count). The van der Waals surface area contributed by atoms with Crippen LogP contribution in [0, 0.1) is 0 Å². The van der Waals surface area contributed by atoms with Crippen LogP contribution in [0.2, 0.25) is 0 Å². The molecule has 0 atom stereocenters. The molecule has 0 saturated heterocycles. The number of hydrazone groups is 1. The second-order valence-corrected chi connectivity index (χ2v) is 4.01. The van der Waals surface area contributed by atoms with E-state index in [9.17, 15) is 18.3 Å². The number of anilines is 1. The lowest BCUT2D eigenvalue weighted by Gasteiger charge is -2.11. The number of halogens is 3. The summed E-state index contributed by atoms with van der Waals surface area (Å²) in [6, 6.07) is 11.3. The van der Waals surface area contributed by atoms with Crippen LogP contribution < -0.4 is 5.43 Å². The topological polar surface area (TPSA) is 44.6 Å². The fraction of sp³-hybridized carbons (Fsp3) is 0.0714. The summed E-state index contributed by atoms with van der Waals surface area (Å²) in [7, 11) is 0. The summed E-state index contributed by atoms with van der Waals surface area (Å²) in [5, 5.41) is 13.0. The molecule has 0 bridgehead atoms. The van der Waals surface area contributed by atoms with Crippen molar-refractivity contribution >= 4 is 11.9 Å². The average Bonchev–Trinajstić information content (AvgIpc) is 2.38. The van der Waals surface area contributed by atoms with Gasteiger partial charge in [0.2, 0.25) is 0 Å². The first-order chi connectivity index (χ1) is 9.47. The SMILES string of the molecule is Oc1cccc(/C=N/Nc2ccccc2C(F)(F)F)c1. The van der Waals surface area contributed by atoms with Crippen molar-refractivity contribution in [3.63, 3.8) is 0 Å². The number of hydrogen-bond donors (Lipinski definition) is 2. The number of rotatable bonds is 3. The third kappa shape index (κ3) is 3.50. The van der Waals surface area contributed by atoms with E-state index in [1.165, 1.54) is 36.5 Å². The zero-order valence-corrected chi connectivity index (χ0v) is 10.2. The van der Waals surface area contributed by atoms with Crippen LogP contribution >= 0.6 is 0 Å². The normalized spacial score (nSPS) is 11.8. The molecule has 0 aliphatic rings. The van der Waals surface area contributed by atoms with Crippen LogP contribution in [-0.2, 0) is 6.18 Å². The molecule has 0 fully saturated rings. The fourth-order valence-electron chi connectivity index (χ4n) is 1.61. The van der Waals surface area contributed by atoms with Crippen LogP contribution in [0.5, 0.6) is 5.75 Å². The monoisotopic (exact) mass is 280 g/mol. The average molecular weight is 280 g/mol. The third-order valence-corrected chi connectivity index (χ3v) is 2.50. The molecule has 3 nitrogen and oxygen atoms in total. The zero-order valence-electron chi connectivity index (χ0n) is 10.2. The van der Waals surface area contributed by atoms with Crippen LogP contribution in [-0.4, -0.2) is 11.3 Å². The maximum atomic E-state index is 12.7. The van der Waals surface area contributed by atoms with E-state index in [0.717, 1.165) is 6.07 Å². The minimum Gasteiger partial charge on any atom is -0.508 e. The standard InChI is InChI=1S/C14H11F3N2O/c15-14(16,17)12-6-1-2-7-13(12)19-18-9-10-4-3-5-11(20)8-10/h1-9,19-20H/b18-9+. The molecule has 0 unspecified atom stereocenters. The smallest absolute Gasteiger partial charge is 0.418 e. The largest absolute Gasteiger partial charge is 0.508 e. The summed E-state index contributed by atoms with van der Waals surface area (Å²) in [5.74, 6) is 0.0599. The molecule has 104 valence electrons. The lowest BCUT2D eigenvalue weighted by molar-refractivity contribution is -0.136. The highest BCUT2D eigenvalue weighted by Crippen LogP contribution is 2.34. The maximum Gasteiger partial charge on any atom is 0.418 e. The number of alkyl halides is 3. The van der Waals surface area contributed by atoms with Crippen molar-refractivity contribution in [2.24, 2.45) is 5.10 Å². The van der Waals surface area contributed by atoms with Crippen molar-refractivity contribution < 1.29 is 18.3 Å². The van der Waals surface area contributed by atoms with Gasteiger partial charge in [-0.1, -0.05) is 24.3 Å². The van der Waals surface area contributed by atoms with E-state index in [0.29, 0.717) is 5.56 Å². The van der Waals surface area contributed by atoms with Crippen molar-refractivity contribution in [3.05, 3.63) is 59.7 Å². The summed E-state index contributed by atoms with van der Waals surface area (Å²) >= 11 is 0. The fourth-order valence-corrected chi connectivity index (χ4v) is 1.61. The van der Waals surface area contributed by atoms with Crippen LogP contribution in [0.4, 0.5) is 18.9 Å². The number of nitrogens with one attached hydrogen (secondary N) is 1. The van der Waals surface area contributed by atoms with E-state index < -0.39 is 11.7 Å². The van der Waals surface area contributed by atoms with Gasteiger partial charge >= 0.3 is 6.18 Å². The maximum absolute atomic E-state index is 12.7. The molecule has 2 N–H and O–H groups in total. The van der Waals surface area contributed by atoms with Gasteiger partial charge in [-0.15, -0.1) is 0 Å². The van der Waals surface area contributed by atoms with Gasteiger partial charge in [0, 0.05) is 0 Å². The Bertz CT molecular complexity index is 624. The second-order valence-electron chi connectivity index (χ2n) is 4.01. The molecule has 0 saturated carbocycles. The van der Waals surface area contributed by atoms with Crippen LogP contribution in [0.1, 0.15) is 11.1 Å². The van der Waals surface area contributed by atoms with Gasteiger partial charge in [-0.05, 0) is 29.8 Å². The highest BCUT2D eigenvalue weighted by molar-refractivity contribution is 5.80. The predicted octanol–water partition coefficient (Wildman–Crippen LogP) is 3.86. The van der Waals surface area contributed by atoms with Gasteiger partial charge in [-0.25, -0.2) is 0 Å². The van der Waals surface area contributed by atoms with Crippen molar-refractivity contribution in [1.82, 2.24) is 0 Å². The van der Waals surface area contributed by atoms with E-state index in [1.54, 1.807) is 12.1 Å². The Hall–Kier alpha value is -2.50. The molecule has 0 heterocycles. The van der Waals surface area contributed by atoms with Gasteiger partial charge in [0.15, 0.2) is 0 Å². The Kier molecular flexibility index (Phi) is 3.93. The molecule has 0 aliphatic heterocycles. The minimum atomic E-state index is -4.44. The first-order valence-electron chi connectivity index (χ1n) is 5.71. The highest BCUT2D eigenvalue weighted by atomic mass is 19.4. The Morgan fingerprint density at radius 1 is 1.05 bits per heavy atom. The zero-order chi connectivity index (χ0) is 14.6. The van der Waals surface area contributed by atoms with E-state index >= 15 is 0 Å². The van der Waals surface area contributed by atoms with Gasteiger partial charge in [-0.3, -0.25) is 5.43 Å². The van der Waals surface area contributed by atoms with Crippen LogP contribution in [0.25, 0.3) is 0 Å². The van der Waals surface area contributed by atoms with Crippen molar-refractivity contribution in [2.45, 2.75) is 6.18 Å². The number of nitrogens with zero attached hydrogens (tertiary/aromatic N) is 1. The molecular weight excluding hydrogens is 269 g/mol. The summed E-state index contributed by atoms with van der Waals surface area (Å²) < 4.78 is 38.2. The molecule has 2 aromatic carbocycles. The Morgan fingerprint density at radius 3 is 2.50 bits per heavy atom. The Balaban J connectivity index is 2.16. The number of para-hydroxylation sites is 1. The second kappa shape index (κ2) is 5.64. The van der Waals surface area contributed by atoms with Gasteiger partial charge in [0.1, 0.15) is 5.75 Å². The number of benzene rings is 2. The van der Waals surface area contributed by atoms with Gasteiger partial charge in [0.05, 0.1) is 17.5 Å². The molecule has 0 radical (unpaired) electrons. The summed E-state index contributed by atoms with van der Waals surface area (Å²) in [5.41, 5.74) is 2.01. The molecule has 2 aromatic rings. The molecule has 20 heavy (non-hydrogen) atoms. The van der Waals surface area contributed by atoms with Gasteiger partial charge < -0.3 is 5.11 Å². The van der Waals surface area contributed by atoms with Crippen molar-refractivity contribution in [2.75, 3.05) is 5.43 Å². The van der Waals surface area contributed by atoms with E-state index in [4.69, 9.17) is 0 Å². The molecule has 0 aromatic heterocycles. The number of aromatic hydroxyl groups is 1. The lowest BCUT2D eigenvalue weighted by Crippen LogP contribution is -2.08. The number of phenolic OH excluding ortho intramolecular Hbond substituents is 1. The Morgan fingerprint density at radius 2 is 1.80 bits per heavy atom. The predicted molar refractivity (Wildman–Crippen MR) is 70.8 cm³/mol. The van der Waals surface area contributed by atoms with Crippen LogP contribution in [0.15, 0.2) is 53.6 Å². The van der Waals surface area contributed by atoms with Crippen molar-refractivity contribution in [1.29, 1.82) is 0 Å². The summed E-state index contributed by atoms with van der Waals surface area (Å²) in [6.45, 7) is 0. The molecule has 0 aliphatic carbocycles. The van der Waals surface area contributed by atoms with E-state index in [2.05, 4.69) is 10.5 Å². The quantitative estimate of drug-likeness (QED) is 0.662. The molecule has 6 heteroatoms. The summed E-state index contributed by atoms with van der Waals surface area (Å²) in [4.78, 5) is 0. The van der Waals surface area contributed by atoms with Gasteiger partial charge in [-0.2, -0.15) is 18.3 Å². The lowest BCUT2D eigenvalue weighted by atomic mass is 10.2. The van der Waals surface area contributed by atoms with Crippen molar-refractivity contribution in [3.8, 4) is 5.75 Å².